The van der Waals surface area contributed by atoms with Crippen LogP contribution in [0.2, 0.25) is 0 Å². The van der Waals surface area contributed by atoms with Crippen molar-refractivity contribution in [1.29, 1.82) is 5.26 Å². The molecule has 0 radical (unpaired) electrons. The van der Waals surface area contributed by atoms with E-state index in [2.05, 4.69) is 6.07 Å². The van der Waals surface area contributed by atoms with E-state index in [1.807, 2.05) is 45.9 Å². The Balaban J connectivity index is 2.93. The molecule has 108 valence electrons. The first-order valence-corrected chi connectivity index (χ1v) is 6.83. The molecule has 1 aromatic rings. The van der Waals surface area contributed by atoms with Crippen LogP contribution in [0.25, 0.3) is 0 Å². The summed E-state index contributed by atoms with van der Waals surface area (Å²) in [5.41, 5.74) is 7.21. The molecule has 1 aromatic carbocycles. The summed E-state index contributed by atoms with van der Waals surface area (Å²) in [6.45, 7) is 8.76. The number of nitrogens with zero attached hydrogens (tertiary/aromatic N) is 2. The Bertz CT molecular complexity index is 511. The normalized spacial score (nSPS) is 12.6. The summed E-state index contributed by atoms with van der Waals surface area (Å²) in [4.78, 5) is 14.1. The summed E-state index contributed by atoms with van der Waals surface area (Å²) in [6, 6.07) is 8.94. The van der Waals surface area contributed by atoms with Gasteiger partial charge in [0.2, 0.25) is 5.91 Å². The van der Waals surface area contributed by atoms with Gasteiger partial charge in [0.15, 0.2) is 0 Å². The SMILES string of the molecule is CCN(Cc1ccccc1C#N)C(=O)C(N)C(C)(C)C. The van der Waals surface area contributed by atoms with E-state index in [0.717, 1.165) is 5.56 Å². The molecule has 0 saturated heterocycles. The van der Waals surface area contributed by atoms with E-state index in [-0.39, 0.29) is 11.3 Å². The topological polar surface area (TPSA) is 70.1 Å². The van der Waals surface area contributed by atoms with Crippen LogP contribution >= 0.6 is 0 Å². The average molecular weight is 273 g/mol. The number of carbonyl (C=O) groups is 1. The van der Waals surface area contributed by atoms with E-state index >= 15 is 0 Å². The highest BCUT2D eigenvalue weighted by Gasteiger charge is 2.30. The van der Waals surface area contributed by atoms with Crippen LogP contribution < -0.4 is 5.73 Å². The zero-order chi connectivity index (χ0) is 15.3. The molecule has 0 aliphatic heterocycles. The summed E-state index contributed by atoms with van der Waals surface area (Å²) in [5.74, 6) is -0.0762. The molecule has 2 N–H and O–H groups in total. The number of likely N-dealkylation sites (N-methyl/N-ethyl adjacent to an activating group) is 1. The number of rotatable bonds is 4. The highest BCUT2D eigenvalue weighted by Crippen LogP contribution is 2.20. The lowest BCUT2D eigenvalue weighted by atomic mass is 9.86. The fourth-order valence-electron chi connectivity index (χ4n) is 1.89. The number of carbonyl (C=O) groups excluding carboxylic acids is 1. The van der Waals surface area contributed by atoms with E-state index < -0.39 is 6.04 Å². The lowest BCUT2D eigenvalue weighted by Crippen LogP contribution is -2.50. The van der Waals surface area contributed by atoms with Gasteiger partial charge in [-0.2, -0.15) is 5.26 Å². The molecule has 4 nitrogen and oxygen atoms in total. The second-order valence-electron chi connectivity index (χ2n) is 5.97. The fraction of sp³-hybridized carbons (Fsp3) is 0.500. The molecule has 0 bridgehead atoms. The molecule has 0 aliphatic rings. The van der Waals surface area contributed by atoms with Gasteiger partial charge in [-0.1, -0.05) is 39.0 Å². The number of nitriles is 1. The van der Waals surface area contributed by atoms with Crippen molar-refractivity contribution < 1.29 is 4.79 Å². The lowest BCUT2D eigenvalue weighted by molar-refractivity contribution is -0.135. The maximum Gasteiger partial charge on any atom is 0.240 e. The Hall–Kier alpha value is -1.86. The minimum absolute atomic E-state index is 0.0762. The molecular weight excluding hydrogens is 250 g/mol. The third-order valence-electron chi connectivity index (χ3n) is 3.39. The van der Waals surface area contributed by atoms with Gasteiger partial charge in [0.25, 0.3) is 0 Å². The van der Waals surface area contributed by atoms with Crippen LogP contribution in [0.15, 0.2) is 24.3 Å². The Labute approximate surface area is 121 Å². The number of nitrogens with two attached hydrogens (primary N) is 1. The summed E-state index contributed by atoms with van der Waals surface area (Å²) in [7, 11) is 0. The Morgan fingerprint density at radius 1 is 1.40 bits per heavy atom. The zero-order valence-electron chi connectivity index (χ0n) is 12.7. The fourth-order valence-corrected chi connectivity index (χ4v) is 1.89. The van der Waals surface area contributed by atoms with Crippen molar-refractivity contribution >= 4 is 5.91 Å². The maximum atomic E-state index is 12.4. The van der Waals surface area contributed by atoms with Crippen molar-refractivity contribution in [3.63, 3.8) is 0 Å². The summed E-state index contributed by atoms with van der Waals surface area (Å²) in [5, 5.41) is 9.10. The lowest BCUT2D eigenvalue weighted by Gasteiger charge is -2.31. The molecule has 0 saturated carbocycles. The molecule has 1 unspecified atom stereocenters. The van der Waals surface area contributed by atoms with Crippen molar-refractivity contribution in [2.45, 2.75) is 40.3 Å². The van der Waals surface area contributed by atoms with Crippen LogP contribution in [-0.2, 0) is 11.3 Å². The van der Waals surface area contributed by atoms with Gasteiger partial charge in [-0.3, -0.25) is 4.79 Å². The van der Waals surface area contributed by atoms with E-state index in [9.17, 15) is 4.79 Å². The Morgan fingerprint density at radius 2 is 2.00 bits per heavy atom. The van der Waals surface area contributed by atoms with Crippen LogP contribution in [-0.4, -0.2) is 23.4 Å². The smallest absolute Gasteiger partial charge is 0.240 e. The molecule has 20 heavy (non-hydrogen) atoms. The predicted octanol–water partition coefficient (Wildman–Crippen LogP) is 2.28. The van der Waals surface area contributed by atoms with Gasteiger partial charge in [-0.25, -0.2) is 0 Å². The Morgan fingerprint density at radius 3 is 2.50 bits per heavy atom. The standard InChI is InChI=1S/C16H23N3O/c1-5-19(15(20)14(18)16(2,3)4)11-13-9-7-6-8-12(13)10-17/h6-9,14H,5,11,18H2,1-4H3. The van der Waals surface area contributed by atoms with E-state index in [1.54, 1.807) is 11.0 Å². The summed E-state index contributed by atoms with van der Waals surface area (Å²) in [6.07, 6.45) is 0. The minimum Gasteiger partial charge on any atom is -0.337 e. The van der Waals surface area contributed by atoms with Crippen molar-refractivity contribution in [2.75, 3.05) is 6.54 Å². The predicted molar refractivity (Wildman–Crippen MR) is 79.7 cm³/mol. The van der Waals surface area contributed by atoms with Gasteiger partial charge >= 0.3 is 0 Å². The van der Waals surface area contributed by atoms with Gasteiger partial charge in [0.1, 0.15) is 0 Å². The van der Waals surface area contributed by atoms with Gasteiger partial charge < -0.3 is 10.6 Å². The number of hydrogen-bond donors (Lipinski definition) is 1. The van der Waals surface area contributed by atoms with E-state index in [4.69, 9.17) is 11.0 Å². The highest BCUT2D eigenvalue weighted by molar-refractivity contribution is 5.82. The first-order chi connectivity index (χ1) is 9.31. The second-order valence-corrected chi connectivity index (χ2v) is 5.97. The minimum atomic E-state index is -0.545. The van der Waals surface area contributed by atoms with Gasteiger partial charge in [-0.15, -0.1) is 0 Å². The number of amides is 1. The molecule has 0 heterocycles. The van der Waals surface area contributed by atoms with Gasteiger partial charge in [-0.05, 0) is 24.0 Å². The maximum absolute atomic E-state index is 12.4. The Kier molecular flexibility index (Phi) is 5.29. The zero-order valence-corrected chi connectivity index (χ0v) is 12.7. The summed E-state index contributed by atoms with van der Waals surface area (Å²) < 4.78 is 0. The number of benzene rings is 1. The van der Waals surface area contributed by atoms with E-state index in [1.165, 1.54) is 0 Å². The van der Waals surface area contributed by atoms with Crippen LogP contribution in [0.1, 0.15) is 38.8 Å². The van der Waals surface area contributed by atoms with Crippen LogP contribution in [0.4, 0.5) is 0 Å². The molecule has 0 spiro atoms. The third kappa shape index (κ3) is 3.82. The molecule has 1 atom stereocenters. The molecule has 4 heteroatoms. The highest BCUT2D eigenvalue weighted by atomic mass is 16.2. The number of hydrogen-bond acceptors (Lipinski definition) is 3. The van der Waals surface area contributed by atoms with Crippen molar-refractivity contribution in [2.24, 2.45) is 11.1 Å². The molecule has 1 rings (SSSR count). The van der Waals surface area contributed by atoms with Crippen molar-refractivity contribution in [3.8, 4) is 6.07 Å². The second kappa shape index (κ2) is 6.53. The average Bonchev–Trinajstić information content (AvgIpc) is 2.42. The largest absolute Gasteiger partial charge is 0.337 e. The molecular formula is C16H23N3O. The summed E-state index contributed by atoms with van der Waals surface area (Å²) >= 11 is 0. The molecule has 0 fully saturated rings. The molecule has 1 amide bonds. The van der Waals surface area contributed by atoms with Gasteiger partial charge in [0.05, 0.1) is 17.7 Å². The molecule has 0 aliphatic carbocycles. The van der Waals surface area contributed by atoms with Crippen LogP contribution in [0, 0.1) is 16.7 Å². The first-order valence-electron chi connectivity index (χ1n) is 6.83. The van der Waals surface area contributed by atoms with Crippen molar-refractivity contribution in [3.05, 3.63) is 35.4 Å². The van der Waals surface area contributed by atoms with Crippen LogP contribution in [0.5, 0.6) is 0 Å². The van der Waals surface area contributed by atoms with Gasteiger partial charge in [0, 0.05) is 13.1 Å². The van der Waals surface area contributed by atoms with E-state index in [0.29, 0.717) is 18.7 Å². The molecule has 0 aromatic heterocycles. The first kappa shape index (κ1) is 16.2. The monoisotopic (exact) mass is 273 g/mol. The van der Waals surface area contributed by atoms with Crippen molar-refractivity contribution in [1.82, 2.24) is 4.90 Å². The third-order valence-corrected chi connectivity index (χ3v) is 3.39. The van der Waals surface area contributed by atoms with Crippen LogP contribution in [0.3, 0.4) is 0 Å². The quantitative estimate of drug-likeness (QED) is 0.915.